The lowest BCUT2D eigenvalue weighted by molar-refractivity contribution is 0.0785. The molecule has 1 aromatic heterocycles. The summed E-state index contributed by atoms with van der Waals surface area (Å²) in [6.45, 7) is 2.02. The molecule has 0 bridgehead atoms. The van der Waals surface area contributed by atoms with Crippen molar-refractivity contribution < 1.29 is 23.5 Å². The molecule has 1 aliphatic rings. The number of benzene rings is 1. The molecule has 1 aromatic carbocycles. The molecule has 0 saturated carbocycles. The second-order valence-electron chi connectivity index (χ2n) is 7.07. The van der Waals surface area contributed by atoms with Crippen LogP contribution in [0.2, 0.25) is 0 Å². The molecule has 10 heteroatoms. The normalized spacial score (nSPS) is 15.0. The number of nitrogens with two attached hydrogens (primary N) is 1. The highest BCUT2D eigenvalue weighted by atomic mass is 19.1. The first-order chi connectivity index (χ1) is 14.2. The molecular weight excluding hydrogens is 398 g/mol. The quantitative estimate of drug-likeness (QED) is 0.673. The summed E-state index contributed by atoms with van der Waals surface area (Å²) >= 11 is 0. The third-order valence-corrected chi connectivity index (χ3v) is 5.20. The Balaban J connectivity index is 2.02. The Hall–Kier alpha value is -3.27. The van der Waals surface area contributed by atoms with Crippen LogP contribution in [0.5, 0.6) is 5.75 Å². The number of rotatable bonds is 5. The van der Waals surface area contributed by atoms with Crippen LogP contribution in [0.25, 0.3) is 0 Å². The standard InChI is InChI=1S/C20H22F2N4O4/c1-3-25(2)20(30)16-18(28)17(27)14(15-13(23)6-7-26(15)16)19(29)24-9-10-4-5-11(21)8-12(10)22/h4-5,8,13,28H,3,6-7,9,23H2,1-2H3,(H,24,29). The average Bonchev–Trinajstić information content (AvgIpc) is 3.08. The van der Waals surface area contributed by atoms with Crippen LogP contribution in [0.3, 0.4) is 0 Å². The Labute approximate surface area is 170 Å². The number of nitrogens with zero attached hydrogens (tertiary/aromatic N) is 2. The fraction of sp³-hybridized carbons (Fsp3) is 0.350. The summed E-state index contributed by atoms with van der Waals surface area (Å²) in [6, 6.07) is 2.21. The van der Waals surface area contributed by atoms with Crippen LogP contribution >= 0.6 is 0 Å². The van der Waals surface area contributed by atoms with E-state index in [1.54, 1.807) is 6.92 Å². The number of hydrogen-bond acceptors (Lipinski definition) is 5. The maximum Gasteiger partial charge on any atom is 0.274 e. The lowest BCUT2D eigenvalue weighted by Gasteiger charge is -2.21. The molecule has 3 rings (SSSR count). The van der Waals surface area contributed by atoms with Crippen molar-refractivity contribution in [1.29, 1.82) is 0 Å². The van der Waals surface area contributed by atoms with Crippen molar-refractivity contribution in [3.05, 3.63) is 62.6 Å². The van der Waals surface area contributed by atoms with Gasteiger partial charge in [-0.15, -0.1) is 0 Å². The molecule has 0 radical (unpaired) electrons. The van der Waals surface area contributed by atoms with Crippen LogP contribution in [0.4, 0.5) is 8.78 Å². The number of hydrogen-bond donors (Lipinski definition) is 3. The van der Waals surface area contributed by atoms with Gasteiger partial charge in [-0.05, 0) is 19.4 Å². The number of carbonyl (C=O) groups excluding carboxylic acids is 2. The van der Waals surface area contributed by atoms with Gasteiger partial charge in [0.15, 0.2) is 11.4 Å². The van der Waals surface area contributed by atoms with E-state index in [0.29, 0.717) is 19.0 Å². The number of aromatic nitrogens is 1. The van der Waals surface area contributed by atoms with Gasteiger partial charge in [0.25, 0.3) is 11.8 Å². The molecule has 30 heavy (non-hydrogen) atoms. The van der Waals surface area contributed by atoms with E-state index < -0.39 is 46.2 Å². The van der Waals surface area contributed by atoms with Crippen LogP contribution in [0.15, 0.2) is 23.0 Å². The summed E-state index contributed by atoms with van der Waals surface area (Å²) in [5, 5.41) is 12.8. The Kier molecular flexibility index (Phi) is 5.88. The lowest BCUT2D eigenvalue weighted by Crippen LogP contribution is -2.36. The molecular formula is C20H22F2N4O4. The van der Waals surface area contributed by atoms with Gasteiger partial charge < -0.3 is 25.6 Å². The molecule has 1 atom stereocenters. The van der Waals surface area contributed by atoms with Gasteiger partial charge in [0.05, 0.1) is 5.69 Å². The number of nitrogens with one attached hydrogen (secondary N) is 1. The zero-order valence-corrected chi connectivity index (χ0v) is 16.5. The topological polar surface area (TPSA) is 118 Å². The van der Waals surface area contributed by atoms with E-state index in [1.807, 2.05) is 0 Å². The van der Waals surface area contributed by atoms with Crippen molar-refractivity contribution in [3.63, 3.8) is 0 Å². The van der Waals surface area contributed by atoms with Crippen LogP contribution in [-0.4, -0.2) is 40.0 Å². The first-order valence-corrected chi connectivity index (χ1v) is 9.40. The van der Waals surface area contributed by atoms with Gasteiger partial charge in [0.2, 0.25) is 5.43 Å². The molecule has 0 aliphatic carbocycles. The summed E-state index contributed by atoms with van der Waals surface area (Å²) < 4.78 is 28.3. The van der Waals surface area contributed by atoms with E-state index in [9.17, 15) is 28.3 Å². The van der Waals surface area contributed by atoms with E-state index in [1.165, 1.54) is 22.6 Å². The monoisotopic (exact) mass is 420 g/mol. The van der Waals surface area contributed by atoms with Crippen LogP contribution < -0.4 is 16.5 Å². The van der Waals surface area contributed by atoms with Crippen LogP contribution in [-0.2, 0) is 13.1 Å². The van der Waals surface area contributed by atoms with Gasteiger partial charge in [-0.2, -0.15) is 0 Å². The number of amides is 2. The minimum absolute atomic E-state index is 0.0198. The highest BCUT2D eigenvalue weighted by Crippen LogP contribution is 2.31. The fourth-order valence-electron chi connectivity index (χ4n) is 3.44. The zero-order chi connectivity index (χ0) is 22.2. The SMILES string of the molecule is CCN(C)C(=O)c1c(O)c(=O)c(C(=O)NCc2ccc(F)cc2F)c2n1CCC2N. The average molecular weight is 420 g/mol. The molecule has 2 aromatic rings. The van der Waals surface area contributed by atoms with Gasteiger partial charge in [0, 0.05) is 44.4 Å². The zero-order valence-electron chi connectivity index (χ0n) is 16.5. The highest BCUT2D eigenvalue weighted by Gasteiger charge is 2.35. The summed E-state index contributed by atoms with van der Waals surface area (Å²) in [5.41, 5.74) is 4.61. The number of halogens is 2. The second kappa shape index (κ2) is 8.23. The minimum atomic E-state index is -1.02. The van der Waals surface area contributed by atoms with Gasteiger partial charge >= 0.3 is 0 Å². The molecule has 1 unspecified atom stereocenters. The summed E-state index contributed by atoms with van der Waals surface area (Å²) in [5.74, 6) is -3.88. The third-order valence-electron chi connectivity index (χ3n) is 5.20. The molecule has 0 fully saturated rings. The van der Waals surface area contributed by atoms with E-state index in [4.69, 9.17) is 5.73 Å². The molecule has 2 heterocycles. The fourth-order valence-corrected chi connectivity index (χ4v) is 3.44. The lowest BCUT2D eigenvalue weighted by atomic mass is 10.0. The van der Waals surface area contributed by atoms with E-state index in [2.05, 4.69) is 5.32 Å². The minimum Gasteiger partial charge on any atom is -0.503 e. The molecule has 160 valence electrons. The first-order valence-electron chi connectivity index (χ1n) is 9.40. The summed E-state index contributed by atoms with van der Waals surface area (Å²) in [4.78, 5) is 39.5. The van der Waals surface area contributed by atoms with Gasteiger partial charge in [0.1, 0.15) is 17.2 Å². The van der Waals surface area contributed by atoms with E-state index >= 15 is 0 Å². The second-order valence-corrected chi connectivity index (χ2v) is 7.07. The maximum absolute atomic E-state index is 13.8. The molecule has 4 N–H and O–H groups in total. The smallest absolute Gasteiger partial charge is 0.274 e. The van der Waals surface area contributed by atoms with Crippen molar-refractivity contribution >= 4 is 11.8 Å². The molecule has 0 spiro atoms. The molecule has 2 amide bonds. The summed E-state index contributed by atoms with van der Waals surface area (Å²) in [6.07, 6.45) is 0.367. The first kappa shape index (κ1) is 21.4. The predicted molar refractivity (Wildman–Crippen MR) is 104 cm³/mol. The summed E-state index contributed by atoms with van der Waals surface area (Å²) in [7, 11) is 1.52. The predicted octanol–water partition coefficient (Wildman–Crippen LogP) is 1.26. The third kappa shape index (κ3) is 3.65. The van der Waals surface area contributed by atoms with Crippen molar-refractivity contribution in [2.24, 2.45) is 5.73 Å². The van der Waals surface area contributed by atoms with Gasteiger partial charge in [-0.3, -0.25) is 14.4 Å². The largest absolute Gasteiger partial charge is 0.503 e. The Bertz CT molecular complexity index is 1080. The van der Waals surface area contributed by atoms with Gasteiger partial charge in [-0.25, -0.2) is 8.78 Å². The number of pyridine rings is 1. The Morgan fingerprint density at radius 1 is 1.37 bits per heavy atom. The maximum atomic E-state index is 13.8. The molecule has 0 saturated heterocycles. The number of fused-ring (bicyclic) bond motifs is 1. The van der Waals surface area contributed by atoms with Crippen molar-refractivity contribution in [3.8, 4) is 5.75 Å². The number of aromatic hydroxyl groups is 1. The molecule has 8 nitrogen and oxygen atoms in total. The molecule has 1 aliphatic heterocycles. The van der Waals surface area contributed by atoms with Crippen LogP contribution in [0.1, 0.15) is 51.5 Å². The number of carbonyl (C=O) groups is 2. The Morgan fingerprint density at radius 3 is 2.70 bits per heavy atom. The Morgan fingerprint density at radius 2 is 2.07 bits per heavy atom. The van der Waals surface area contributed by atoms with E-state index in [0.717, 1.165) is 6.07 Å². The van der Waals surface area contributed by atoms with Crippen molar-refractivity contribution in [2.45, 2.75) is 32.5 Å². The highest BCUT2D eigenvalue weighted by molar-refractivity contribution is 5.99. The van der Waals surface area contributed by atoms with E-state index in [-0.39, 0.29) is 30.0 Å². The van der Waals surface area contributed by atoms with Crippen molar-refractivity contribution in [1.82, 2.24) is 14.8 Å². The van der Waals surface area contributed by atoms with Crippen molar-refractivity contribution in [2.75, 3.05) is 13.6 Å². The van der Waals surface area contributed by atoms with Crippen LogP contribution in [0, 0.1) is 11.6 Å². The van der Waals surface area contributed by atoms with Gasteiger partial charge in [-0.1, -0.05) is 6.07 Å².